The van der Waals surface area contributed by atoms with Crippen LogP contribution in [0, 0.1) is 0 Å². The summed E-state index contributed by atoms with van der Waals surface area (Å²) in [6.45, 7) is 1.33. The average molecular weight is 236 g/mol. The lowest BCUT2D eigenvalue weighted by Crippen LogP contribution is -2.49. The molecule has 3 heteroatoms. The van der Waals surface area contributed by atoms with Gasteiger partial charge in [-0.05, 0) is 5.56 Å². The Morgan fingerprint density at radius 3 is 2.53 bits per heavy atom. The largest absolute Gasteiger partial charge is 0.390 e. The van der Waals surface area contributed by atoms with Crippen molar-refractivity contribution < 1.29 is 14.6 Å². The standard InChI is InChI=1S/C14H20O3/c1-16-14(7-9-17-10-8-14)13(15)11-12-5-3-2-4-6-12/h2-6,13,15H,7-11H2,1H3. The third-order valence-electron chi connectivity index (χ3n) is 3.62. The first-order valence-electron chi connectivity index (χ1n) is 6.12. The summed E-state index contributed by atoms with van der Waals surface area (Å²) in [6.07, 6.45) is 1.68. The van der Waals surface area contributed by atoms with E-state index >= 15 is 0 Å². The van der Waals surface area contributed by atoms with Crippen LogP contribution < -0.4 is 0 Å². The fourth-order valence-electron chi connectivity index (χ4n) is 2.41. The SMILES string of the molecule is COC1(C(O)Cc2ccccc2)CCOCC1. The van der Waals surface area contributed by atoms with Gasteiger partial charge < -0.3 is 14.6 Å². The van der Waals surface area contributed by atoms with Crippen LogP contribution in [-0.4, -0.2) is 37.1 Å². The predicted octanol–water partition coefficient (Wildman–Crippen LogP) is 1.79. The number of hydrogen-bond donors (Lipinski definition) is 1. The van der Waals surface area contributed by atoms with Gasteiger partial charge in [0, 0.05) is 39.6 Å². The van der Waals surface area contributed by atoms with Gasteiger partial charge in [-0.2, -0.15) is 0 Å². The summed E-state index contributed by atoms with van der Waals surface area (Å²) in [5.41, 5.74) is 0.705. The van der Waals surface area contributed by atoms with Gasteiger partial charge in [-0.1, -0.05) is 30.3 Å². The van der Waals surface area contributed by atoms with E-state index in [1.807, 2.05) is 30.3 Å². The van der Waals surface area contributed by atoms with E-state index in [0.29, 0.717) is 19.6 Å². The van der Waals surface area contributed by atoms with Gasteiger partial charge in [-0.15, -0.1) is 0 Å². The maximum absolute atomic E-state index is 10.4. The molecule has 0 spiro atoms. The van der Waals surface area contributed by atoms with Gasteiger partial charge in [0.25, 0.3) is 0 Å². The van der Waals surface area contributed by atoms with E-state index in [2.05, 4.69) is 0 Å². The number of benzene rings is 1. The molecule has 1 unspecified atom stereocenters. The molecule has 0 saturated carbocycles. The van der Waals surface area contributed by atoms with E-state index < -0.39 is 11.7 Å². The smallest absolute Gasteiger partial charge is 0.0983 e. The lowest BCUT2D eigenvalue weighted by molar-refractivity contribution is -0.151. The molecule has 94 valence electrons. The molecule has 1 fully saturated rings. The molecule has 1 saturated heterocycles. The maximum Gasteiger partial charge on any atom is 0.0983 e. The average Bonchev–Trinajstić information content (AvgIpc) is 2.40. The van der Waals surface area contributed by atoms with Crippen molar-refractivity contribution >= 4 is 0 Å². The molecule has 1 aromatic carbocycles. The van der Waals surface area contributed by atoms with Crippen LogP contribution >= 0.6 is 0 Å². The molecule has 3 nitrogen and oxygen atoms in total. The van der Waals surface area contributed by atoms with E-state index in [9.17, 15) is 5.11 Å². The van der Waals surface area contributed by atoms with E-state index in [1.54, 1.807) is 7.11 Å². The zero-order chi connectivity index (χ0) is 12.1. The summed E-state index contributed by atoms with van der Waals surface area (Å²) in [6, 6.07) is 10.0. The molecule has 1 atom stereocenters. The monoisotopic (exact) mass is 236 g/mol. The van der Waals surface area contributed by atoms with Crippen LogP contribution in [0.5, 0.6) is 0 Å². The Kier molecular flexibility index (Phi) is 4.15. The summed E-state index contributed by atoms with van der Waals surface area (Å²) >= 11 is 0. The van der Waals surface area contributed by atoms with Crippen LogP contribution in [-0.2, 0) is 15.9 Å². The number of aliphatic hydroxyl groups is 1. The molecule has 0 amide bonds. The van der Waals surface area contributed by atoms with E-state index in [0.717, 1.165) is 18.4 Å². The highest BCUT2D eigenvalue weighted by Gasteiger charge is 2.39. The normalized spacial score (nSPS) is 21.1. The third-order valence-corrected chi connectivity index (χ3v) is 3.62. The van der Waals surface area contributed by atoms with Crippen molar-refractivity contribution in [2.75, 3.05) is 20.3 Å². The highest BCUT2D eigenvalue weighted by Crippen LogP contribution is 2.30. The molecule has 1 aliphatic heterocycles. The fourth-order valence-corrected chi connectivity index (χ4v) is 2.41. The molecule has 1 aliphatic rings. The molecule has 2 rings (SSSR count). The molecule has 1 N–H and O–H groups in total. The summed E-state index contributed by atoms with van der Waals surface area (Å²) in [5, 5.41) is 10.4. The van der Waals surface area contributed by atoms with E-state index in [-0.39, 0.29) is 0 Å². The van der Waals surface area contributed by atoms with Crippen LogP contribution in [0.25, 0.3) is 0 Å². The Morgan fingerprint density at radius 1 is 1.29 bits per heavy atom. The zero-order valence-electron chi connectivity index (χ0n) is 10.3. The van der Waals surface area contributed by atoms with Gasteiger partial charge in [0.1, 0.15) is 0 Å². The Hall–Kier alpha value is -0.900. The molecular weight excluding hydrogens is 216 g/mol. The highest BCUT2D eigenvalue weighted by molar-refractivity contribution is 5.16. The molecule has 0 aromatic heterocycles. The Bertz CT molecular complexity index is 331. The molecule has 1 aromatic rings. The summed E-state index contributed by atoms with van der Waals surface area (Å²) in [5.74, 6) is 0. The van der Waals surface area contributed by atoms with Crippen molar-refractivity contribution in [1.82, 2.24) is 0 Å². The first-order valence-corrected chi connectivity index (χ1v) is 6.12. The number of ether oxygens (including phenoxy) is 2. The van der Waals surface area contributed by atoms with Crippen LogP contribution in [0.15, 0.2) is 30.3 Å². The summed E-state index contributed by atoms with van der Waals surface area (Å²) in [7, 11) is 1.68. The van der Waals surface area contributed by atoms with Crippen molar-refractivity contribution in [1.29, 1.82) is 0 Å². The minimum Gasteiger partial charge on any atom is -0.390 e. The van der Waals surface area contributed by atoms with Crippen molar-refractivity contribution in [2.24, 2.45) is 0 Å². The molecule has 0 aliphatic carbocycles. The van der Waals surface area contributed by atoms with Crippen molar-refractivity contribution in [3.05, 3.63) is 35.9 Å². The van der Waals surface area contributed by atoms with Gasteiger partial charge in [-0.25, -0.2) is 0 Å². The van der Waals surface area contributed by atoms with E-state index in [1.165, 1.54) is 0 Å². The van der Waals surface area contributed by atoms with Crippen LogP contribution in [0.4, 0.5) is 0 Å². The number of hydrogen-bond acceptors (Lipinski definition) is 3. The third kappa shape index (κ3) is 2.86. The lowest BCUT2D eigenvalue weighted by Gasteiger charge is -2.39. The zero-order valence-corrected chi connectivity index (χ0v) is 10.3. The highest BCUT2D eigenvalue weighted by atomic mass is 16.5. The second kappa shape index (κ2) is 5.63. The van der Waals surface area contributed by atoms with Crippen molar-refractivity contribution in [3.8, 4) is 0 Å². The van der Waals surface area contributed by atoms with Gasteiger partial charge >= 0.3 is 0 Å². The topological polar surface area (TPSA) is 38.7 Å². The summed E-state index contributed by atoms with van der Waals surface area (Å²) in [4.78, 5) is 0. The second-order valence-corrected chi connectivity index (χ2v) is 4.59. The fraction of sp³-hybridized carbons (Fsp3) is 0.571. The van der Waals surface area contributed by atoms with Gasteiger partial charge in [0.2, 0.25) is 0 Å². The minimum absolute atomic E-state index is 0.436. The predicted molar refractivity (Wildman–Crippen MR) is 65.9 cm³/mol. The van der Waals surface area contributed by atoms with Crippen molar-refractivity contribution in [2.45, 2.75) is 31.0 Å². The Morgan fingerprint density at radius 2 is 1.94 bits per heavy atom. The molecule has 17 heavy (non-hydrogen) atoms. The van der Waals surface area contributed by atoms with Gasteiger partial charge in [0.15, 0.2) is 0 Å². The summed E-state index contributed by atoms with van der Waals surface area (Å²) < 4.78 is 10.9. The van der Waals surface area contributed by atoms with E-state index in [4.69, 9.17) is 9.47 Å². The molecular formula is C14H20O3. The minimum atomic E-state index is -0.473. The first-order chi connectivity index (χ1) is 8.27. The number of rotatable bonds is 4. The van der Waals surface area contributed by atoms with Gasteiger partial charge in [0.05, 0.1) is 11.7 Å². The number of methoxy groups -OCH3 is 1. The van der Waals surface area contributed by atoms with Crippen molar-refractivity contribution in [3.63, 3.8) is 0 Å². The molecule has 0 bridgehead atoms. The second-order valence-electron chi connectivity index (χ2n) is 4.59. The Balaban J connectivity index is 2.04. The van der Waals surface area contributed by atoms with Gasteiger partial charge in [-0.3, -0.25) is 0 Å². The lowest BCUT2D eigenvalue weighted by atomic mass is 9.85. The van der Waals surface area contributed by atoms with Crippen LogP contribution in [0.2, 0.25) is 0 Å². The van der Waals surface area contributed by atoms with Crippen LogP contribution in [0.3, 0.4) is 0 Å². The molecule has 0 radical (unpaired) electrons. The molecule has 1 heterocycles. The first kappa shape index (κ1) is 12.6. The quantitative estimate of drug-likeness (QED) is 0.866. The van der Waals surface area contributed by atoms with Crippen LogP contribution in [0.1, 0.15) is 18.4 Å². The number of aliphatic hydroxyl groups excluding tert-OH is 1. The maximum atomic E-state index is 10.4. The Labute approximate surface area is 102 Å².